The monoisotopic (exact) mass is 377 g/mol. The topological polar surface area (TPSA) is 122 Å². The van der Waals surface area contributed by atoms with E-state index in [1.807, 2.05) is 0 Å². The SMILES string of the molecule is O=C(Nc1ccc2c(c1)C(=O)N1CCC[C@@H]1C(=O)N2)c1ccc2nnnn2c1. The first kappa shape index (κ1) is 16.4. The van der Waals surface area contributed by atoms with Crippen LogP contribution in [0, 0.1) is 0 Å². The minimum Gasteiger partial charge on any atom is -0.327 e. The summed E-state index contributed by atoms with van der Waals surface area (Å²) in [4.78, 5) is 39.4. The highest BCUT2D eigenvalue weighted by atomic mass is 16.2. The van der Waals surface area contributed by atoms with Gasteiger partial charge < -0.3 is 15.5 Å². The molecule has 0 radical (unpaired) electrons. The highest BCUT2D eigenvalue weighted by Crippen LogP contribution is 2.30. The van der Waals surface area contributed by atoms with Crippen LogP contribution in [0.15, 0.2) is 36.5 Å². The van der Waals surface area contributed by atoms with Gasteiger partial charge in [-0.3, -0.25) is 14.4 Å². The molecule has 3 amide bonds. The van der Waals surface area contributed by atoms with Crippen molar-refractivity contribution in [2.75, 3.05) is 17.2 Å². The number of benzene rings is 1. The molecular formula is C18H15N7O3. The van der Waals surface area contributed by atoms with E-state index in [4.69, 9.17) is 0 Å². The maximum absolute atomic E-state index is 12.9. The van der Waals surface area contributed by atoms with Crippen LogP contribution in [0.5, 0.6) is 0 Å². The van der Waals surface area contributed by atoms with Crippen molar-refractivity contribution in [2.45, 2.75) is 18.9 Å². The summed E-state index contributed by atoms with van der Waals surface area (Å²) in [7, 11) is 0. The summed E-state index contributed by atoms with van der Waals surface area (Å²) in [5.41, 5.74) is 2.18. The quantitative estimate of drug-likeness (QED) is 0.685. The molecule has 2 aliphatic rings. The Hall–Kier alpha value is -3.82. The van der Waals surface area contributed by atoms with Crippen LogP contribution < -0.4 is 10.6 Å². The molecule has 0 aliphatic carbocycles. The van der Waals surface area contributed by atoms with E-state index >= 15 is 0 Å². The summed E-state index contributed by atoms with van der Waals surface area (Å²) in [6, 6.07) is 7.69. The maximum atomic E-state index is 12.9. The molecule has 0 bridgehead atoms. The number of fused-ring (bicyclic) bond motifs is 3. The van der Waals surface area contributed by atoms with Gasteiger partial charge in [0.2, 0.25) is 5.91 Å². The van der Waals surface area contributed by atoms with Crippen LogP contribution in [0.25, 0.3) is 5.65 Å². The summed E-state index contributed by atoms with van der Waals surface area (Å²) in [5, 5.41) is 16.7. The molecule has 10 nitrogen and oxygen atoms in total. The Morgan fingerprint density at radius 1 is 1.21 bits per heavy atom. The molecule has 2 aliphatic heterocycles. The number of carbonyl (C=O) groups excluding carboxylic acids is 3. The summed E-state index contributed by atoms with van der Waals surface area (Å²) < 4.78 is 1.40. The van der Waals surface area contributed by atoms with Crippen LogP contribution in [-0.4, -0.2) is 55.2 Å². The summed E-state index contributed by atoms with van der Waals surface area (Å²) in [6.45, 7) is 0.554. The number of rotatable bonds is 2. The molecule has 2 aromatic heterocycles. The van der Waals surface area contributed by atoms with E-state index in [0.717, 1.165) is 6.42 Å². The first-order valence-electron chi connectivity index (χ1n) is 8.85. The highest BCUT2D eigenvalue weighted by molar-refractivity contribution is 6.11. The van der Waals surface area contributed by atoms with E-state index in [2.05, 4.69) is 26.2 Å². The third kappa shape index (κ3) is 2.57. The second-order valence-corrected chi connectivity index (χ2v) is 6.76. The number of hydrogen-bond acceptors (Lipinski definition) is 6. The molecule has 10 heteroatoms. The average molecular weight is 377 g/mol. The van der Waals surface area contributed by atoms with Crippen molar-refractivity contribution in [3.05, 3.63) is 47.7 Å². The van der Waals surface area contributed by atoms with Crippen LogP contribution in [0.4, 0.5) is 11.4 Å². The van der Waals surface area contributed by atoms with E-state index < -0.39 is 6.04 Å². The number of anilines is 2. The number of tetrazole rings is 1. The fourth-order valence-corrected chi connectivity index (χ4v) is 3.64. The molecule has 1 aromatic carbocycles. The van der Waals surface area contributed by atoms with Crippen LogP contribution in [0.3, 0.4) is 0 Å². The Morgan fingerprint density at radius 2 is 2.11 bits per heavy atom. The van der Waals surface area contributed by atoms with Gasteiger partial charge in [-0.2, -0.15) is 4.52 Å². The smallest absolute Gasteiger partial charge is 0.257 e. The lowest BCUT2D eigenvalue weighted by Crippen LogP contribution is -2.40. The third-order valence-electron chi connectivity index (χ3n) is 5.04. The molecule has 1 fully saturated rings. The largest absolute Gasteiger partial charge is 0.327 e. The minimum absolute atomic E-state index is 0.170. The summed E-state index contributed by atoms with van der Waals surface area (Å²) >= 11 is 0. The molecule has 5 rings (SSSR count). The molecule has 4 heterocycles. The Kier molecular flexibility index (Phi) is 3.57. The zero-order valence-corrected chi connectivity index (χ0v) is 14.6. The molecule has 28 heavy (non-hydrogen) atoms. The van der Waals surface area contributed by atoms with Crippen molar-refractivity contribution in [2.24, 2.45) is 0 Å². The van der Waals surface area contributed by atoms with E-state index in [1.54, 1.807) is 35.2 Å². The van der Waals surface area contributed by atoms with Crippen LogP contribution in [0.2, 0.25) is 0 Å². The molecule has 3 aromatic rings. The van der Waals surface area contributed by atoms with Crippen molar-refractivity contribution in [3.8, 4) is 0 Å². The maximum Gasteiger partial charge on any atom is 0.257 e. The number of hydrogen-bond donors (Lipinski definition) is 2. The van der Waals surface area contributed by atoms with Crippen molar-refractivity contribution in [1.29, 1.82) is 0 Å². The molecule has 0 saturated carbocycles. The summed E-state index contributed by atoms with van der Waals surface area (Å²) in [5.74, 6) is -0.736. The van der Waals surface area contributed by atoms with Gasteiger partial charge in [0.15, 0.2) is 5.65 Å². The van der Waals surface area contributed by atoms with Gasteiger partial charge in [0, 0.05) is 18.4 Å². The first-order valence-corrected chi connectivity index (χ1v) is 8.85. The standard InChI is InChI=1S/C18H15N7O3/c26-16(10-3-6-15-21-22-23-25(15)9-10)19-11-4-5-13-12(8-11)18(28)24-7-1-2-14(24)17(27)20-13/h3-6,8-9,14H,1-2,7H2,(H,19,26)(H,20,27)/t14-/m1/s1. The van der Waals surface area contributed by atoms with Crippen LogP contribution >= 0.6 is 0 Å². The number of pyridine rings is 1. The Morgan fingerprint density at radius 3 is 3.00 bits per heavy atom. The van der Waals surface area contributed by atoms with Gasteiger partial charge >= 0.3 is 0 Å². The fourth-order valence-electron chi connectivity index (χ4n) is 3.64. The van der Waals surface area contributed by atoms with Gasteiger partial charge in [-0.25, -0.2) is 0 Å². The Labute approximate surface area is 158 Å². The normalized spacial score (nSPS) is 18.4. The van der Waals surface area contributed by atoms with Gasteiger partial charge in [-0.1, -0.05) is 0 Å². The number of carbonyl (C=O) groups is 3. The number of amides is 3. The van der Waals surface area contributed by atoms with Gasteiger partial charge in [-0.15, -0.1) is 5.10 Å². The Balaban J connectivity index is 1.44. The predicted octanol–water partition coefficient (Wildman–Crippen LogP) is 0.933. The number of aromatic nitrogens is 4. The first-order chi connectivity index (χ1) is 13.6. The molecule has 1 atom stereocenters. The number of nitrogens with one attached hydrogen (secondary N) is 2. The van der Waals surface area contributed by atoms with E-state index in [0.29, 0.717) is 41.1 Å². The second-order valence-electron chi connectivity index (χ2n) is 6.76. The van der Waals surface area contributed by atoms with Gasteiger partial charge in [-0.05, 0) is 53.6 Å². The third-order valence-corrected chi connectivity index (χ3v) is 5.04. The van der Waals surface area contributed by atoms with Crippen molar-refractivity contribution in [1.82, 2.24) is 24.9 Å². The molecule has 140 valence electrons. The van der Waals surface area contributed by atoms with Crippen molar-refractivity contribution in [3.63, 3.8) is 0 Å². The predicted molar refractivity (Wildman–Crippen MR) is 97.9 cm³/mol. The van der Waals surface area contributed by atoms with Crippen molar-refractivity contribution < 1.29 is 14.4 Å². The second kappa shape index (κ2) is 6.12. The fraction of sp³-hybridized carbons (Fsp3) is 0.222. The van der Waals surface area contributed by atoms with Crippen LogP contribution in [0.1, 0.15) is 33.6 Å². The lowest BCUT2D eigenvalue weighted by molar-refractivity contribution is -0.119. The molecule has 0 spiro atoms. The minimum atomic E-state index is -0.430. The zero-order chi connectivity index (χ0) is 19.3. The van der Waals surface area contributed by atoms with Gasteiger partial charge in [0.25, 0.3) is 11.8 Å². The molecule has 1 saturated heterocycles. The molecular weight excluding hydrogens is 362 g/mol. The van der Waals surface area contributed by atoms with Gasteiger partial charge in [0.1, 0.15) is 6.04 Å². The molecule has 0 unspecified atom stereocenters. The zero-order valence-electron chi connectivity index (χ0n) is 14.6. The van der Waals surface area contributed by atoms with E-state index in [9.17, 15) is 14.4 Å². The Bertz CT molecular complexity index is 1140. The van der Waals surface area contributed by atoms with E-state index in [1.165, 1.54) is 10.7 Å². The average Bonchev–Trinajstić information content (AvgIpc) is 3.35. The van der Waals surface area contributed by atoms with Crippen molar-refractivity contribution >= 4 is 34.7 Å². The van der Waals surface area contributed by atoms with Gasteiger partial charge in [0.05, 0.1) is 16.8 Å². The van der Waals surface area contributed by atoms with Crippen LogP contribution in [-0.2, 0) is 4.79 Å². The summed E-state index contributed by atoms with van der Waals surface area (Å²) in [6.07, 6.45) is 2.98. The highest BCUT2D eigenvalue weighted by Gasteiger charge is 2.38. The lowest BCUT2D eigenvalue weighted by Gasteiger charge is -2.20. The number of nitrogens with zero attached hydrogens (tertiary/aromatic N) is 5. The lowest BCUT2D eigenvalue weighted by atomic mass is 10.1. The molecule has 2 N–H and O–H groups in total. The van der Waals surface area contributed by atoms with E-state index in [-0.39, 0.29) is 17.7 Å².